The van der Waals surface area contributed by atoms with Crippen LogP contribution >= 0.6 is 0 Å². The first-order chi connectivity index (χ1) is 12.9. The molecule has 1 saturated heterocycles. The summed E-state index contributed by atoms with van der Waals surface area (Å²) in [6.45, 7) is 1.15. The van der Waals surface area contributed by atoms with Gasteiger partial charge in [0.1, 0.15) is 5.82 Å². The number of benzene rings is 2. The minimum absolute atomic E-state index is 0.0868. The molecule has 2 aromatic rings. The minimum atomic E-state index is -3.65. The van der Waals surface area contributed by atoms with E-state index < -0.39 is 10.0 Å². The monoisotopic (exact) mass is 392 g/mol. The molecule has 0 spiro atoms. The molecule has 1 aliphatic heterocycles. The van der Waals surface area contributed by atoms with E-state index >= 15 is 0 Å². The summed E-state index contributed by atoms with van der Waals surface area (Å²) in [5.41, 5.74) is 1.11. The second-order valence-electron chi connectivity index (χ2n) is 6.32. The maximum Gasteiger partial charge on any atom is 0.251 e. The zero-order valence-electron chi connectivity index (χ0n) is 14.7. The van der Waals surface area contributed by atoms with Crippen molar-refractivity contribution < 1.29 is 22.3 Å². The van der Waals surface area contributed by atoms with Gasteiger partial charge in [0.2, 0.25) is 10.0 Å². The van der Waals surface area contributed by atoms with Crippen LogP contribution in [-0.4, -0.2) is 33.6 Å². The molecular weight excluding hydrogens is 371 g/mol. The Hall–Kier alpha value is -2.29. The summed E-state index contributed by atoms with van der Waals surface area (Å²) in [6, 6.07) is 11.5. The highest BCUT2D eigenvalue weighted by molar-refractivity contribution is 7.89. The second kappa shape index (κ2) is 8.60. The van der Waals surface area contributed by atoms with Crippen LogP contribution in [0.15, 0.2) is 53.4 Å². The van der Waals surface area contributed by atoms with Crippen LogP contribution in [0.4, 0.5) is 4.39 Å². The maximum absolute atomic E-state index is 12.9. The number of halogens is 1. The van der Waals surface area contributed by atoms with Crippen LogP contribution in [0.1, 0.15) is 28.8 Å². The standard InChI is InChI=1S/C19H21FN2O4S/c20-16-7-3-14(4-8-16)12-21-19(23)15-5-9-18(10-6-15)27(24,25)22-13-17-2-1-11-26-17/h3-10,17,22H,1-2,11-13H2,(H,21,23)/t17-/m0/s1. The molecule has 1 heterocycles. The molecule has 1 fully saturated rings. The molecule has 6 nitrogen and oxygen atoms in total. The van der Waals surface area contributed by atoms with E-state index in [1.165, 1.54) is 36.4 Å². The van der Waals surface area contributed by atoms with Gasteiger partial charge in [-0.3, -0.25) is 4.79 Å². The number of amides is 1. The Morgan fingerprint density at radius 1 is 1.11 bits per heavy atom. The highest BCUT2D eigenvalue weighted by Crippen LogP contribution is 2.14. The van der Waals surface area contributed by atoms with Crippen LogP contribution in [0.3, 0.4) is 0 Å². The molecule has 0 aliphatic carbocycles. The third-order valence-corrected chi connectivity index (χ3v) is 5.76. The molecule has 3 rings (SSSR count). The van der Waals surface area contributed by atoms with Crippen molar-refractivity contribution in [3.63, 3.8) is 0 Å². The maximum atomic E-state index is 12.9. The lowest BCUT2D eigenvalue weighted by Crippen LogP contribution is -2.31. The Labute approximate surface area is 157 Å². The largest absolute Gasteiger partial charge is 0.377 e. The molecule has 0 saturated carbocycles. The van der Waals surface area contributed by atoms with Gasteiger partial charge in [0, 0.05) is 25.3 Å². The van der Waals surface area contributed by atoms with Crippen molar-refractivity contribution in [1.29, 1.82) is 0 Å². The normalized spacial score (nSPS) is 17.0. The van der Waals surface area contributed by atoms with Gasteiger partial charge in [-0.2, -0.15) is 0 Å². The Morgan fingerprint density at radius 2 is 1.81 bits per heavy atom. The fraction of sp³-hybridized carbons (Fsp3) is 0.316. The first-order valence-electron chi connectivity index (χ1n) is 8.68. The minimum Gasteiger partial charge on any atom is -0.377 e. The van der Waals surface area contributed by atoms with E-state index in [1.54, 1.807) is 12.1 Å². The molecule has 0 bridgehead atoms. The number of ether oxygens (including phenoxy) is 1. The molecule has 27 heavy (non-hydrogen) atoms. The summed E-state index contributed by atoms with van der Waals surface area (Å²) in [6.07, 6.45) is 1.69. The van der Waals surface area contributed by atoms with Crippen molar-refractivity contribution in [3.05, 3.63) is 65.5 Å². The van der Waals surface area contributed by atoms with Gasteiger partial charge >= 0.3 is 0 Å². The Kier molecular flexibility index (Phi) is 6.20. The molecule has 2 N–H and O–H groups in total. The SMILES string of the molecule is O=C(NCc1ccc(F)cc1)c1ccc(S(=O)(=O)NC[C@@H]2CCCO2)cc1. The number of rotatable bonds is 7. The highest BCUT2D eigenvalue weighted by Gasteiger charge is 2.20. The quantitative estimate of drug-likeness (QED) is 0.757. The third kappa shape index (κ3) is 5.35. The number of carbonyl (C=O) groups is 1. The van der Waals surface area contributed by atoms with Gasteiger partial charge in [-0.25, -0.2) is 17.5 Å². The van der Waals surface area contributed by atoms with E-state index in [0.717, 1.165) is 18.4 Å². The lowest BCUT2D eigenvalue weighted by molar-refractivity contribution is 0.0951. The van der Waals surface area contributed by atoms with Crippen molar-refractivity contribution in [3.8, 4) is 0 Å². The van der Waals surface area contributed by atoms with Gasteiger partial charge in [0.15, 0.2) is 0 Å². The van der Waals surface area contributed by atoms with E-state index in [1.807, 2.05) is 0 Å². The average molecular weight is 392 g/mol. The van der Waals surface area contributed by atoms with Gasteiger partial charge in [-0.15, -0.1) is 0 Å². The van der Waals surface area contributed by atoms with E-state index in [-0.39, 0.29) is 35.8 Å². The molecule has 0 aromatic heterocycles. The van der Waals surface area contributed by atoms with E-state index in [4.69, 9.17) is 4.74 Å². The number of nitrogens with one attached hydrogen (secondary N) is 2. The number of hydrogen-bond donors (Lipinski definition) is 2. The van der Waals surface area contributed by atoms with Crippen LogP contribution in [0.25, 0.3) is 0 Å². The van der Waals surface area contributed by atoms with Gasteiger partial charge < -0.3 is 10.1 Å². The van der Waals surface area contributed by atoms with Crippen LogP contribution in [-0.2, 0) is 21.3 Å². The van der Waals surface area contributed by atoms with E-state index in [0.29, 0.717) is 12.2 Å². The molecule has 2 aromatic carbocycles. The molecule has 8 heteroatoms. The van der Waals surface area contributed by atoms with Gasteiger partial charge in [0.05, 0.1) is 11.0 Å². The first kappa shape index (κ1) is 19.5. The highest BCUT2D eigenvalue weighted by atomic mass is 32.2. The molecule has 144 valence electrons. The fourth-order valence-electron chi connectivity index (χ4n) is 2.76. The van der Waals surface area contributed by atoms with Crippen LogP contribution in [0, 0.1) is 5.82 Å². The lowest BCUT2D eigenvalue weighted by Gasteiger charge is -2.12. The number of sulfonamides is 1. The summed E-state index contributed by atoms with van der Waals surface area (Å²) >= 11 is 0. The molecule has 0 unspecified atom stereocenters. The Morgan fingerprint density at radius 3 is 2.44 bits per heavy atom. The second-order valence-corrected chi connectivity index (χ2v) is 8.09. The van der Waals surface area contributed by atoms with Gasteiger partial charge in [-0.05, 0) is 54.8 Å². The smallest absolute Gasteiger partial charge is 0.251 e. The van der Waals surface area contributed by atoms with Crippen molar-refractivity contribution in [1.82, 2.24) is 10.0 Å². The van der Waals surface area contributed by atoms with Crippen molar-refractivity contribution in [2.45, 2.75) is 30.4 Å². The summed E-state index contributed by atoms with van der Waals surface area (Å²) in [4.78, 5) is 12.3. The van der Waals surface area contributed by atoms with Crippen LogP contribution in [0.5, 0.6) is 0 Å². The molecule has 1 aliphatic rings. The average Bonchev–Trinajstić information content (AvgIpc) is 3.20. The van der Waals surface area contributed by atoms with Crippen molar-refractivity contribution in [2.24, 2.45) is 0 Å². The predicted octanol–water partition coefficient (Wildman–Crippen LogP) is 2.21. The molecule has 1 atom stereocenters. The molecule has 1 amide bonds. The zero-order chi connectivity index (χ0) is 19.3. The number of hydrogen-bond acceptors (Lipinski definition) is 4. The summed E-state index contributed by atoms with van der Waals surface area (Å²) in [5.74, 6) is -0.675. The van der Waals surface area contributed by atoms with Crippen molar-refractivity contribution >= 4 is 15.9 Å². The van der Waals surface area contributed by atoms with E-state index in [2.05, 4.69) is 10.0 Å². The van der Waals surface area contributed by atoms with Crippen LogP contribution < -0.4 is 10.0 Å². The number of carbonyl (C=O) groups excluding carboxylic acids is 1. The van der Waals surface area contributed by atoms with Crippen LogP contribution in [0.2, 0.25) is 0 Å². The summed E-state index contributed by atoms with van der Waals surface area (Å²) < 4.78 is 45.4. The first-order valence-corrected chi connectivity index (χ1v) is 10.2. The zero-order valence-corrected chi connectivity index (χ0v) is 15.5. The third-order valence-electron chi connectivity index (χ3n) is 4.32. The van der Waals surface area contributed by atoms with Crippen molar-refractivity contribution in [2.75, 3.05) is 13.2 Å². The van der Waals surface area contributed by atoms with Gasteiger partial charge in [-0.1, -0.05) is 12.1 Å². The lowest BCUT2D eigenvalue weighted by atomic mass is 10.2. The molecular formula is C19H21FN2O4S. The van der Waals surface area contributed by atoms with Gasteiger partial charge in [0.25, 0.3) is 5.91 Å². The fourth-order valence-corrected chi connectivity index (χ4v) is 3.83. The Bertz CT molecular complexity index is 877. The summed E-state index contributed by atoms with van der Waals surface area (Å²) in [7, 11) is -3.65. The Balaban J connectivity index is 1.56. The van der Waals surface area contributed by atoms with E-state index in [9.17, 15) is 17.6 Å². The summed E-state index contributed by atoms with van der Waals surface area (Å²) in [5, 5.41) is 2.71. The topological polar surface area (TPSA) is 84.5 Å². The molecule has 0 radical (unpaired) electrons. The predicted molar refractivity (Wildman–Crippen MR) is 98.2 cm³/mol.